The first-order valence-corrected chi connectivity index (χ1v) is 5.47. The molecular weight excluding hydrogens is 190 g/mol. The van der Waals surface area contributed by atoms with E-state index in [1.54, 1.807) is 12.4 Å². The predicted octanol–water partition coefficient (Wildman–Crippen LogP) is 1.16. The summed E-state index contributed by atoms with van der Waals surface area (Å²) in [5.74, 6) is 1.31. The van der Waals surface area contributed by atoms with E-state index in [0.29, 0.717) is 11.8 Å². The van der Waals surface area contributed by atoms with E-state index in [1.807, 2.05) is 6.92 Å². The standard InChI is InChI=1S/C11H17N3O/c1-9-6-13-7-11(14-9)15-8-10-2-4-12-5-3-10/h6-7,10,12H,2-5,8H2,1H3. The second-order valence-corrected chi connectivity index (χ2v) is 4.00. The second kappa shape index (κ2) is 5.07. The van der Waals surface area contributed by atoms with E-state index in [-0.39, 0.29) is 0 Å². The van der Waals surface area contributed by atoms with Crippen molar-refractivity contribution in [2.24, 2.45) is 5.92 Å². The number of nitrogens with zero attached hydrogens (tertiary/aromatic N) is 2. The highest BCUT2D eigenvalue weighted by atomic mass is 16.5. The molecule has 2 rings (SSSR count). The van der Waals surface area contributed by atoms with Crippen molar-refractivity contribution in [1.82, 2.24) is 15.3 Å². The van der Waals surface area contributed by atoms with Gasteiger partial charge in [0.05, 0.1) is 18.5 Å². The number of piperidine rings is 1. The summed E-state index contributed by atoms with van der Waals surface area (Å²) in [6.45, 7) is 4.89. The van der Waals surface area contributed by atoms with Gasteiger partial charge in [-0.05, 0) is 38.8 Å². The zero-order chi connectivity index (χ0) is 10.5. The van der Waals surface area contributed by atoms with Gasteiger partial charge in [-0.25, -0.2) is 4.98 Å². The number of nitrogens with one attached hydrogen (secondary N) is 1. The van der Waals surface area contributed by atoms with Gasteiger partial charge in [0.15, 0.2) is 0 Å². The Morgan fingerprint density at radius 3 is 2.93 bits per heavy atom. The van der Waals surface area contributed by atoms with E-state index >= 15 is 0 Å². The first-order chi connectivity index (χ1) is 7.34. The topological polar surface area (TPSA) is 47.0 Å². The SMILES string of the molecule is Cc1cncc(OCC2CCNCC2)n1. The highest BCUT2D eigenvalue weighted by Gasteiger charge is 2.13. The summed E-state index contributed by atoms with van der Waals surface area (Å²) >= 11 is 0. The third kappa shape index (κ3) is 3.16. The molecule has 15 heavy (non-hydrogen) atoms. The summed E-state index contributed by atoms with van der Waals surface area (Å²) in [5.41, 5.74) is 0.901. The first kappa shape index (κ1) is 10.4. The van der Waals surface area contributed by atoms with Crippen LogP contribution in [-0.2, 0) is 0 Å². The van der Waals surface area contributed by atoms with Gasteiger partial charge in [0.25, 0.3) is 0 Å². The van der Waals surface area contributed by atoms with Crippen molar-refractivity contribution in [1.29, 1.82) is 0 Å². The van der Waals surface area contributed by atoms with Crippen LogP contribution in [0.15, 0.2) is 12.4 Å². The van der Waals surface area contributed by atoms with Crippen LogP contribution in [0, 0.1) is 12.8 Å². The predicted molar refractivity (Wildman–Crippen MR) is 57.9 cm³/mol. The van der Waals surface area contributed by atoms with E-state index in [1.165, 1.54) is 12.8 Å². The Hall–Kier alpha value is -1.16. The van der Waals surface area contributed by atoms with Gasteiger partial charge in [-0.15, -0.1) is 0 Å². The molecule has 0 radical (unpaired) electrons. The van der Waals surface area contributed by atoms with Gasteiger partial charge in [-0.3, -0.25) is 4.98 Å². The molecule has 1 N–H and O–H groups in total. The van der Waals surface area contributed by atoms with Crippen molar-refractivity contribution in [3.8, 4) is 5.88 Å². The Morgan fingerprint density at radius 1 is 1.40 bits per heavy atom. The van der Waals surface area contributed by atoms with Crippen LogP contribution in [0.25, 0.3) is 0 Å². The fourth-order valence-electron chi connectivity index (χ4n) is 1.76. The molecule has 0 saturated carbocycles. The van der Waals surface area contributed by atoms with E-state index in [9.17, 15) is 0 Å². The van der Waals surface area contributed by atoms with Crippen molar-refractivity contribution in [2.45, 2.75) is 19.8 Å². The average molecular weight is 207 g/mol. The number of aromatic nitrogens is 2. The minimum absolute atomic E-state index is 0.647. The first-order valence-electron chi connectivity index (χ1n) is 5.47. The number of hydrogen-bond acceptors (Lipinski definition) is 4. The van der Waals surface area contributed by atoms with Crippen LogP contribution < -0.4 is 10.1 Å². The van der Waals surface area contributed by atoms with Gasteiger partial charge in [-0.2, -0.15) is 0 Å². The smallest absolute Gasteiger partial charge is 0.232 e. The molecule has 0 aliphatic carbocycles. The molecule has 0 unspecified atom stereocenters. The van der Waals surface area contributed by atoms with Crippen molar-refractivity contribution < 1.29 is 4.74 Å². The lowest BCUT2D eigenvalue weighted by molar-refractivity contribution is 0.208. The van der Waals surface area contributed by atoms with E-state index in [4.69, 9.17) is 4.74 Å². The molecule has 0 bridgehead atoms. The molecule has 2 heterocycles. The van der Waals surface area contributed by atoms with Crippen LogP contribution in [0.2, 0.25) is 0 Å². The molecular formula is C11H17N3O. The maximum absolute atomic E-state index is 5.62. The summed E-state index contributed by atoms with van der Waals surface area (Å²) in [4.78, 5) is 8.31. The van der Waals surface area contributed by atoms with Gasteiger partial charge in [0.2, 0.25) is 5.88 Å². The average Bonchev–Trinajstić information content (AvgIpc) is 2.28. The van der Waals surface area contributed by atoms with Crippen LogP contribution in [0.5, 0.6) is 5.88 Å². The summed E-state index contributed by atoms with van der Waals surface area (Å²) in [6, 6.07) is 0. The fourth-order valence-corrected chi connectivity index (χ4v) is 1.76. The minimum atomic E-state index is 0.647. The lowest BCUT2D eigenvalue weighted by Crippen LogP contribution is -2.30. The molecule has 1 aliphatic rings. The second-order valence-electron chi connectivity index (χ2n) is 4.00. The highest BCUT2D eigenvalue weighted by Crippen LogP contribution is 2.13. The summed E-state index contributed by atoms with van der Waals surface area (Å²) in [7, 11) is 0. The summed E-state index contributed by atoms with van der Waals surface area (Å²) < 4.78 is 5.62. The van der Waals surface area contributed by atoms with Crippen molar-refractivity contribution >= 4 is 0 Å². The molecule has 1 saturated heterocycles. The monoisotopic (exact) mass is 207 g/mol. The molecule has 1 fully saturated rings. The summed E-state index contributed by atoms with van der Waals surface area (Å²) in [5, 5.41) is 3.34. The Bertz CT molecular complexity index is 310. The van der Waals surface area contributed by atoms with E-state index in [0.717, 1.165) is 25.4 Å². The lowest BCUT2D eigenvalue weighted by Gasteiger charge is -2.22. The third-order valence-electron chi connectivity index (χ3n) is 2.66. The quantitative estimate of drug-likeness (QED) is 0.808. The molecule has 1 aromatic heterocycles. The number of hydrogen-bond donors (Lipinski definition) is 1. The van der Waals surface area contributed by atoms with Gasteiger partial charge >= 0.3 is 0 Å². The van der Waals surface area contributed by atoms with Crippen molar-refractivity contribution in [2.75, 3.05) is 19.7 Å². The summed E-state index contributed by atoms with van der Waals surface area (Å²) in [6.07, 6.45) is 5.80. The molecule has 4 heteroatoms. The fraction of sp³-hybridized carbons (Fsp3) is 0.636. The number of aryl methyl sites for hydroxylation is 1. The largest absolute Gasteiger partial charge is 0.476 e. The minimum Gasteiger partial charge on any atom is -0.476 e. The molecule has 0 spiro atoms. The van der Waals surface area contributed by atoms with Gasteiger partial charge < -0.3 is 10.1 Å². The number of ether oxygens (including phenoxy) is 1. The van der Waals surface area contributed by atoms with Crippen LogP contribution >= 0.6 is 0 Å². The van der Waals surface area contributed by atoms with E-state index in [2.05, 4.69) is 15.3 Å². The molecule has 0 aromatic carbocycles. The Kier molecular flexibility index (Phi) is 3.50. The molecule has 0 atom stereocenters. The van der Waals surface area contributed by atoms with Crippen molar-refractivity contribution in [3.05, 3.63) is 18.1 Å². The molecule has 82 valence electrons. The van der Waals surface area contributed by atoms with Crippen LogP contribution in [0.4, 0.5) is 0 Å². The zero-order valence-electron chi connectivity index (χ0n) is 9.07. The molecule has 1 aliphatic heterocycles. The van der Waals surface area contributed by atoms with E-state index < -0.39 is 0 Å². The Labute approximate surface area is 90.1 Å². The zero-order valence-corrected chi connectivity index (χ0v) is 9.07. The molecule has 0 amide bonds. The maximum atomic E-state index is 5.62. The van der Waals surface area contributed by atoms with Crippen LogP contribution in [0.1, 0.15) is 18.5 Å². The van der Waals surface area contributed by atoms with Gasteiger partial charge in [0.1, 0.15) is 0 Å². The maximum Gasteiger partial charge on any atom is 0.232 e. The Balaban J connectivity index is 1.81. The van der Waals surface area contributed by atoms with Crippen LogP contribution in [-0.4, -0.2) is 29.7 Å². The molecule has 4 nitrogen and oxygen atoms in total. The molecule has 1 aromatic rings. The van der Waals surface area contributed by atoms with Crippen LogP contribution in [0.3, 0.4) is 0 Å². The van der Waals surface area contributed by atoms with Crippen molar-refractivity contribution in [3.63, 3.8) is 0 Å². The highest BCUT2D eigenvalue weighted by molar-refractivity contribution is 5.06. The van der Waals surface area contributed by atoms with Gasteiger partial charge in [-0.1, -0.05) is 0 Å². The normalized spacial score (nSPS) is 17.7. The van der Waals surface area contributed by atoms with Gasteiger partial charge in [0, 0.05) is 6.20 Å². The lowest BCUT2D eigenvalue weighted by atomic mass is 9.99. The Morgan fingerprint density at radius 2 is 2.20 bits per heavy atom. The number of rotatable bonds is 3. The third-order valence-corrected chi connectivity index (χ3v) is 2.66.